The van der Waals surface area contributed by atoms with E-state index in [0.29, 0.717) is 11.9 Å². The van der Waals surface area contributed by atoms with E-state index in [2.05, 4.69) is 24.3 Å². The van der Waals surface area contributed by atoms with Gasteiger partial charge in [-0.25, -0.2) is 0 Å². The van der Waals surface area contributed by atoms with Gasteiger partial charge in [0.25, 0.3) is 0 Å². The first-order valence-electron chi connectivity index (χ1n) is 6.17. The molecule has 0 aromatic heterocycles. The van der Waals surface area contributed by atoms with Crippen LogP contribution in [0.1, 0.15) is 31.2 Å². The van der Waals surface area contributed by atoms with Crippen molar-refractivity contribution in [1.29, 1.82) is 0 Å². The van der Waals surface area contributed by atoms with Crippen LogP contribution in [0.5, 0.6) is 0 Å². The fraction of sp³-hybridized carbons (Fsp3) is 0.571. The molecule has 1 fully saturated rings. The van der Waals surface area contributed by atoms with Crippen molar-refractivity contribution in [2.24, 2.45) is 5.41 Å². The van der Waals surface area contributed by atoms with Crippen LogP contribution in [-0.2, 0) is 6.42 Å². The van der Waals surface area contributed by atoms with Crippen LogP contribution in [-0.4, -0.2) is 17.0 Å². The molecule has 1 unspecified atom stereocenters. The summed E-state index contributed by atoms with van der Waals surface area (Å²) in [5.74, 6) is 0. The summed E-state index contributed by atoms with van der Waals surface area (Å²) in [5, 5.41) is 10.2. The van der Waals surface area contributed by atoms with Gasteiger partial charge in [0.05, 0.1) is 0 Å². The first kappa shape index (κ1) is 10.7. The van der Waals surface area contributed by atoms with Crippen LogP contribution in [0, 0.1) is 5.41 Å². The summed E-state index contributed by atoms with van der Waals surface area (Å²) in [7, 11) is 0. The highest BCUT2D eigenvalue weighted by molar-refractivity contribution is 8.00. The average molecular weight is 234 g/mol. The minimum atomic E-state index is 0.277. The summed E-state index contributed by atoms with van der Waals surface area (Å²) in [4.78, 5) is 1.46. The maximum atomic E-state index is 9.50. The molecule has 86 valence electrons. The van der Waals surface area contributed by atoms with Gasteiger partial charge in [-0.3, -0.25) is 0 Å². The molecule has 1 heterocycles. The fourth-order valence-corrected chi connectivity index (χ4v) is 4.47. The molecule has 16 heavy (non-hydrogen) atoms. The molecule has 1 aliphatic carbocycles. The molecule has 1 N–H and O–H groups in total. The molecule has 0 amide bonds. The van der Waals surface area contributed by atoms with Gasteiger partial charge in [-0.05, 0) is 42.7 Å². The zero-order valence-corrected chi connectivity index (χ0v) is 10.3. The van der Waals surface area contributed by atoms with E-state index in [1.165, 1.54) is 42.6 Å². The number of fused-ring (bicyclic) bond motifs is 1. The van der Waals surface area contributed by atoms with Crippen molar-refractivity contribution in [2.45, 2.75) is 42.2 Å². The molecule has 1 aliphatic heterocycles. The van der Waals surface area contributed by atoms with E-state index in [1.807, 2.05) is 11.8 Å². The number of thioether (sulfide) groups is 1. The number of hydrogen-bond donors (Lipinski definition) is 1. The third-order valence-corrected chi connectivity index (χ3v) is 5.44. The maximum Gasteiger partial charge on any atom is 0.0487 e. The van der Waals surface area contributed by atoms with Gasteiger partial charge in [0, 0.05) is 16.8 Å². The Bertz CT molecular complexity index is 354. The van der Waals surface area contributed by atoms with Crippen LogP contribution >= 0.6 is 11.8 Å². The lowest BCUT2D eigenvalue weighted by atomic mass is 9.66. The fourth-order valence-electron chi connectivity index (χ4n) is 2.95. The van der Waals surface area contributed by atoms with Gasteiger partial charge in [-0.1, -0.05) is 24.6 Å². The van der Waals surface area contributed by atoms with Crippen molar-refractivity contribution >= 4 is 11.8 Å². The molecule has 1 atom stereocenters. The van der Waals surface area contributed by atoms with E-state index < -0.39 is 0 Å². The Labute approximate surface area is 101 Å². The Morgan fingerprint density at radius 3 is 2.75 bits per heavy atom. The molecule has 1 aromatic rings. The van der Waals surface area contributed by atoms with E-state index in [1.54, 1.807) is 0 Å². The van der Waals surface area contributed by atoms with Gasteiger partial charge in [0.2, 0.25) is 0 Å². The van der Waals surface area contributed by atoms with Crippen molar-refractivity contribution in [1.82, 2.24) is 0 Å². The van der Waals surface area contributed by atoms with Crippen LogP contribution in [0.3, 0.4) is 0 Å². The molecule has 1 nitrogen and oxygen atoms in total. The monoisotopic (exact) mass is 234 g/mol. The molecule has 0 bridgehead atoms. The molecule has 2 heteroatoms. The number of rotatable bonds is 3. The average Bonchev–Trinajstić information content (AvgIpc) is 2.65. The SMILES string of the molecule is OCC1(CC2Cc3ccccc3S2)CCC1. The smallest absolute Gasteiger partial charge is 0.0487 e. The standard InChI is InChI=1S/C14H18OS/c15-10-14(6-3-7-14)9-12-8-11-4-1-2-5-13(11)16-12/h1-2,4-5,12,15H,3,6-10H2. The zero-order chi connectivity index (χ0) is 11.0. The molecular formula is C14H18OS. The molecule has 3 rings (SSSR count). The molecular weight excluding hydrogens is 216 g/mol. The summed E-state index contributed by atoms with van der Waals surface area (Å²) in [5.41, 5.74) is 1.78. The van der Waals surface area contributed by atoms with E-state index in [-0.39, 0.29) is 5.41 Å². The van der Waals surface area contributed by atoms with Crippen molar-refractivity contribution in [3.8, 4) is 0 Å². The summed E-state index contributed by atoms with van der Waals surface area (Å²) in [6.45, 7) is 0.389. The van der Waals surface area contributed by atoms with Crippen LogP contribution in [0.4, 0.5) is 0 Å². The minimum absolute atomic E-state index is 0.277. The van der Waals surface area contributed by atoms with Crippen molar-refractivity contribution in [2.75, 3.05) is 6.61 Å². The topological polar surface area (TPSA) is 20.2 Å². The second-order valence-electron chi connectivity index (χ2n) is 5.27. The van der Waals surface area contributed by atoms with Crippen molar-refractivity contribution < 1.29 is 5.11 Å². The third-order valence-electron chi connectivity index (χ3n) is 4.12. The van der Waals surface area contributed by atoms with Crippen LogP contribution in [0.15, 0.2) is 29.2 Å². The van der Waals surface area contributed by atoms with E-state index in [0.717, 1.165) is 0 Å². The molecule has 2 aliphatic rings. The van der Waals surface area contributed by atoms with Crippen LogP contribution in [0.2, 0.25) is 0 Å². The van der Waals surface area contributed by atoms with E-state index >= 15 is 0 Å². The van der Waals surface area contributed by atoms with E-state index in [4.69, 9.17) is 0 Å². The highest BCUT2D eigenvalue weighted by atomic mass is 32.2. The molecule has 1 saturated carbocycles. The predicted octanol–water partition coefficient (Wildman–Crippen LogP) is 3.26. The summed E-state index contributed by atoms with van der Waals surface area (Å²) >= 11 is 2.02. The summed E-state index contributed by atoms with van der Waals surface area (Å²) in [6.07, 6.45) is 6.17. The largest absolute Gasteiger partial charge is 0.396 e. The Kier molecular flexibility index (Phi) is 2.72. The number of hydrogen-bond acceptors (Lipinski definition) is 2. The second-order valence-corrected chi connectivity index (χ2v) is 6.61. The predicted molar refractivity (Wildman–Crippen MR) is 67.8 cm³/mol. The summed E-state index contributed by atoms with van der Waals surface area (Å²) in [6, 6.07) is 8.73. The zero-order valence-electron chi connectivity index (χ0n) is 9.48. The number of aliphatic hydroxyl groups excluding tert-OH is 1. The van der Waals surface area contributed by atoms with Crippen molar-refractivity contribution in [3.05, 3.63) is 29.8 Å². The van der Waals surface area contributed by atoms with Crippen molar-refractivity contribution in [3.63, 3.8) is 0 Å². The molecule has 0 spiro atoms. The molecule has 0 radical (unpaired) electrons. The number of aliphatic hydroxyl groups is 1. The lowest BCUT2D eigenvalue weighted by Gasteiger charge is -2.42. The Hall–Kier alpha value is -0.470. The second kappa shape index (κ2) is 4.08. The van der Waals surface area contributed by atoms with E-state index in [9.17, 15) is 5.11 Å². The van der Waals surface area contributed by atoms with Crippen LogP contribution in [0.25, 0.3) is 0 Å². The highest BCUT2D eigenvalue weighted by Crippen LogP contribution is 2.49. The lowest BCUT2D eigenvalue weighted by molar-refractivity contribution is 0.0360. The number of benzene rings is 1. The van der Waals surface area contributed by atoms with Gasteiger partial charge in [0.1, 0.15) is 0 Å². The Morgan fingerprint density at radius 2 is 2.12 bits per heavy atom. The van der Waals surface area contributed by atoms with Gasteiger partial charge >= 0.3 is 0 Å². The normalized spacial score (nSPS) is 26.2. The Morgan fingerprint density at radius 1 is 1.31 bits per heavy atom. The first-order chi connectivity index (χ1) is 7.81. The van der Waals surface area contributed by atoms with Gasteiger partial charge < -0.3 is 5.11 Å². The molecule has 0 saturated heterocycles. The third kappa shape index (κ3) is 1.78. The molecule has 1 aromatic carbocycles. The van der Waals surface area contributed by atoms with Crippen LogP contribution < -0.4 is 0 Å². The van der Waals surface area contributed by atoms with Gasteiger partial charge in [-0.2, -0.15) is 0 Å². The Balaban J connectivity index is 1.68. The highest BCUT2D eigenvalue weighted by Gasteiger charge is 2.39. The quantitative estimate of drug-likeness (QED) is 0.866. The summed E-state index contributed by atoms with van der Waals surface area (Å²) < 4.78 is 0. The van der Waals surface area contributed by atoms with Gasteiger partial charge in [-0.15, -0.1) is 11.8 Å². The first-order valence-corrected chi connectivity index (χ1v) is 7.05. The van der Waals surface area contributed by atoms with Gasteiger partial charge in [0.15, 0.2) is 0 Å². The minimum Gasteiger partial charge on any atom is -0.396 e. The lowest BCUT2D eigenvalue weighted by Crippen LogP contribution is -2.36. The maximum absolute atomic E-state index is 9.50.